The first kappa shape index (κ1) is 15.3. The van der Waals surface area contributed by atoms with E-state index in [0.29, 0.717) is 19.1 Å². The predicted molar refractivity (Wildman–Crippen MR) is 84.4 cm³/mol. The molecule has 0 amide bonds. The molecule has 0 radical (unpaired) electrons. The fourth-order valence-electron chi connectivity index (χ4n) is 3.12. The highest BCUT2D eigenvalue weighted by molar-refractivity contribution is 5.79. The Hall–Kier alpha value is -1.65. The van der Waals surface area contributed by atoms with Gasteiger partial charge in [0.1, 0.15) is 6.61 Å². The second-order valence-electron chi connectivity index (χ2n) is 6.36. The van der Waals surface area contributed by atoms with Gasteiger partial charge in [-0.3, -0.25) is 4.79 Å². The molecule has 2 aliphatic rings. The Kier molecular flexibility index (Phi) is 4.32. The van der Waals surface area contributed by atoms with Gasteiger partial charge in [-0.1, -0.05) is 43.3 Å². The van der Waals surface area contributed by atoms with Crippen LogP contribution >= 0.6 is 0 Å². The molecule has 1 saturated heterocycles. The number of nitrogens with two attached hydrogens (primary N) is 1. The fraction of sp³-hybridized carbons (Fsp3) is 0.500. The summed E-state index contributed by atoms with van der Waals surface area (Å²) in [5.74, 6) is 0.0722. The van der Waals surface area contributed by atoms with Gasteiger partial charge in [0.05, 0.1) is 24.7 Å². The summed E-state index contributed by atoms with van der Waals surface area (Å²) in [6.07, 6.45) is 4.97. The number of rotatable bonds is 6. The smallest absolute Gasteiger partial charge is 0.314 e. The number of hydrogen-bond acceptors (Lipinski definition) is 4. The largest absolute Gasteiger partial charge is 0.461 e. The van der Waals surface area contributed by atoms with Crippen molar-refractivity contribution in [3.05, 3.63) is 48.0 Å². The van der Waals surface area contributed by atoms with E-state index in [1.54, 1.807) is 6.08 Å². The molecule has 1 unspecified atom stereocenters. The first-order valence-electron chi connectivity index (χ1n) is 7.89. The second-order valence-corrected chi connectivity index (χ2v) is 6.36. The van der Waals surface area contributed by atoms with Crippen LogP contribution in [0.25, 0.3) is 0 Å². The summed E-state index contributed by atoms with van der Waals surface area (Å²) in [5.41, 5.74) is 7.96. The highest BCUT2D eigenvalue weighted by Gasteiger charge is 2.37. The molecule has 0 bridgehead atoms. The first-order valence-corrected chi connectivity index (χ1v) is 7.89. The van der Waals surface area contributed by atoms with E-state index >= 15 is 0 Å². The Labute approximate surface area is 131 Å². The van der Waals surface area contributed by atoms with E-state index in [1.165, 1.54) is 6.42 Å². The molecule has 1 aliphatic heterocycles. The molecule has 4 nitrogen and oxygen atoms in total. The Bertz CT molecular complexity index is 544. The van der Waals surface area contributed by atoms with Crippen molar-refractivity contribution >= 4 is 5.97 Å². The minimum absolute atomic E-state index is 0.146. The van der Waals surface area contributed by atoms with Crippen LogP contribution in [0, 0.1) is 5.92 Å². The third kappa shape index (κ3) is 2.81. The summed E-state index contributed by atoms with van der Waals surface area (Å²) in [7, 11) is 0. The molecule has 118 valence electrons. The van der Waals surface area contributed by atoms with Gasteiger partial charge in [0.25, 0.3) is 0 Å². The van der Waals surface area contributed by atoms with Gasteiger partial charge in [-0.15, -0.1) is 0 Å². The predicted octanol–water partition coefficient (Wildman–Crippen LogP) is 2.48. The zero-order valence-corrected chi connectivity index (χ0v) is 12.8. The zero-order valence-electron chi connectivity index (χ0n) is 12.8. The maximum Gasteiger partial charge on any atom is 0.314 e. The van der Waals surface area contributed by atoms with Crippen LogP contribution in [-0.2, 0) is 19.8 Å². The van der Waals surface area contributed by atoms with E-state index in [-0.39, 0.29) is 24.0 Å². The standard InChI is InChI=1S/C18H23NO3/c1-2-10-22-17(20)16(13-4-3-5-13)14-6-8-15(9-7-14)18(19)11-21-12-18/h2,6-9,13,16H,1,3-5,10-12,19H2. The number of hydrogen-bond donors (Lipinski definition) is 1. The van der Waals surface area contributed by atoms with Gasteiger partial charge in [-0.05, 0) is 29.9 Å². The summed E-state index contributed by atoms with van der Waals surface area (Å²) >= 11 is 0. The van der Waals surface area contributed by atoms with Crippen molar-refractivity contribution in [2.45, 2.75) is 30.7 Å². The van der Waals surface area contributed by atoms with Crippen molar-refractivity contribution in [3.63, 3.8) is 0 Å². The molecule has 4 heteroatoms. The molecule has 1 aromatic carbocycles. The molecule has 1 aromatic rings. The molecule has 3 rings (SSSR count). The average molecular weight is 301 g/mol. The highest BCUT2D eigenvalue weighted by Crippen LogP contribution is 2.40. The SMILES string of the molecule is C=CCOC(=O)C(c1ccc(C2(N)COC2)cc1)C1CCC1. The molecule has 2 fully saturated rings. The Morgan fingerprint density at radius 3 is 2.55 bits per heavy atom. The van der Waals surface area contributed by atoms with Crippen LogP contribution in [0.4, 0.5) is 0 Å². The molecule has 1 heterocycles. The normalized spacial score (nSPS) is 21.3. The lowest BCUT2D eigenvalue weighted by Crippen LogP contribution is -2.54. The van der Waals surface area contributed by atoms with Crippen LogP contribution in [0.1, 0.15) is 36.3 Å². The van der Waals surface area contributed by atoms with Crippen molar-refractivity contribution in [3.8, 4) is 0 Å². The van der Waals surface area contributed by atoms with Crippen LogP contribution < -0.4 is 5.73 Å². The lowest BCUT2D eigenvalue weighted by Gasteiger charge is -2.38. The Morgan fingerprint density at radius 2 is 2.09 bits per heavy atom. The van der Waals surface area contributed by atoms with Crippen LogP contribution in [-0.4, -0.2) is 25.8 Å². The van der Waals surface area contributed by atoms with Crippen molar-refractivity contribution in [2.24, 2.45) is 11.7 Å². The van der Waals surface area contributed by atoms with Crippen molar-refractivity contribution in [2.75, 3.05) is 19.8 Å². The molecule has 1 atom stereocenters. The fourth-order valence-corrected chi connectivity index (χ4v) is 3.12. The summed E-state index contributed by atoms with van der Waals surface area (Å²) in [6, 6.07) is 8.06. The third-order valence-corrected chi connectivity index (χ3v) is 4.78. The van der Waals surface area contributed by atoms with Gasteiger partial charge < -0.3 is 15.2 Å². The summed E-state index contributed by atoms with van der Waals surface area (Å²) in [4.78, 5) is 12.4. The summed E-state index contributed by atoms with van der Waals surface area (Å²) in [5, 5.41) is 0. The van der Waals surface area contributed by atoms with Gasteiger partial charge >= 0.3 is 5.97 Å². The molecular formula is C18H23NO3. The maximum absolute atomic E-state index is 12.4. The van der Waals surface area contributed by atoms with E-state index in [9.17, 15) is 4.79 Å². The molecule has 1 aliphatic carbocycles. The van der Waals surface area contributed by atoms with Crippen LogP contribution in [0.2, 0.25) is 0 Å². The zero-order chi connectivity index (χ0) is 15.6. The third-order valence-electron chi connectivity index (χ3n) is 4.78. The monoisotopic (exact) mass is 301 g/mol. The van der Waals surface area contributed by atoms with Gasteiger partial charge in [-0.2, -0.15) is 0 Å². The van der Waals surface area contributed by atoms with Crippen molar-refractivity contribution in [1.29, 1.82) is 0 Å². The summed E-state index contributed by atoms with van der Waals surface area (Å²) in [6.45, 7) is 4.97. The van der Waals surface area contributed by atoms with Crippen LogP contribution in [0.3, 0.4) is 0 Å². The molecule has 0 aromatic heterocycles. The minimum atomic E-state index is -0.367. The van der Waals surface area contributed by atoms with E-state index in [2.05, 4.69) is 6.58 Å². The molecule has 1 saturated carbocycles. The van der Waals surface area contributed by atoms with Crippen LogP contribution in [0.15, 0.2) is 36.9 Å². The van der Waals surface area contributed by atoms with Crippen molar-refractivity contribution < 1.29 is 14.3 Å². The second kappa shape index (κ2) is 6.23. The molecule has 2 N–H and O–H groups in total. The van der Waals surface area contributed by atoms with Gasteiger partial charge in [0, 0.05) is 0 Å². The molecular weight excluding hydrogens is 278 g/mol. The topological polar surface area (TPSA) is 61.5 Å². The minimum Gasteiger partial charge on any atom is -0.461 e. The molecule has 22 heavy (non-hydrogen) atoms. The van der Waals surface area contributed by atoms with Gasteiger partial charge in [0.15, 0.2) is 0 Å². The average Bonchev–Trinajstić information content (AvgIpc) is 2.46. The number of benzene rings is 1. The summed E-state index contributed by atoms with van der Waals surface area (Å²) < 4.78 is 10.5. The van der Waals surface area contributed by atoms with Crippen LogP contribution in [0.5, 0.6) is 0 Å². The van der Waals surface area contributed by atoms with E-state index in [0.717, 1.165) is 24.0 Å². The van der Waals surface area contributed by atoms with Gasteiger partial charge in [-0.25, -0.2) is 0 Å². The number of ether oxygens (including phenoxy) is 2. The first-order chi connectivity index (χ1) is 10.6. The van der Waals surface area contributed by atoms with E-state index < -0.39 is 0 Å². The number of carbonyl (C=O) groups excluding carboxylic acids is 1. The maximum atomic E-state index is 12.4. The Balaban J connectivity index is 1.78. The van der Waals surface area contributed by atoms with E-state index in [4.69, 9.17) is 15.2 Å². The van der Waals surface area contributed by atoms with Crippen molar-refractivity contribution in [1.82, 2.24) is 0 Å². The van der Waals surface area contributed by atoms with Gasteiger partial charge in [0.2, 0.25) is 0 Å². The highest BCUT2D eigenvalue weighted by atomic mass is 16.5. The van der Waals surface area contributed by atoms with E-state index in [1.807, 2.05) is 24.3 Å². The lowest BCUT2D eigenvalue weighted by atomic mass is 9.72. The number of esters is 1. The number of carbonyl (C=O) groups is 1. The molecule has 0 spiro atoms. The quantitative estimate of drug-likeness (QED) is 0.648. The Morgan fingerprint density at radius 1 is 1.41 bits per heavy atom. The lowest BCUT2D eigenvalue weighted by molar-refractivity contribution is -0.146.